The standard InChI is InChI=1S/C20H29N5O3S/c1-16-12-17(2)24(22-16)11-8-20(26)23-10-5-7-19(15-23)25(29(3,27)28)14-18-6-4-9-21-13-18/h4,6,9,12-13,19H,5,7-8,10-11,14-15H2,1-3H3. The van der Waals surface area contributed by atoms with Gasteiger partial charge < -0.3 is 4.90 Å². The molecular weight excluding hydrogens is 390 g/mol. The number of pyridine rings is 1. The van der Waals surface area contributed by atoms with E-state index in [0.717, 1.165) is 29.8 Å². The van der Waals surface area contributed by atoms with Crippen LogP contribution in [0.15, 0.2) is 30.6 Å². The van der Waals surface area contributed by atoms with E-state index in [1.165, 1.54) is 10.6 Å². The van der Waals surface area contributed by atoms with Crippen LogP contribution in [0.3, 0.4) is 0 Å². The third-order valence-electron chi connectivity index (χ3n) is 5.28. The molecule has 1 unspecified atom stereocenters. The Hall–Kier alpha value is -2.26. The number of sulfonamides is 1. The monoisotopic (exact) mass is 419 g/mol. The average molecular weight is 420 g/mol. The molecule has 3 heterocycles. The minimum absolute atomic E-state index is 0.0390. The topological polar surface area (TPSA) is 88.4 Å². The molecule has 8 nitrogen and oxygen atoms in total. The van der Waals surface area contributed by atoms with Gasteiger partial charge in [-0.3, -0.25) is 14.5 Å². The van der Waals surface area contributed by atoms with Crippen molar-refractivity contribution in [1.82, 2.24) is 24.0 Å². The summed E-state index contributed by atoms with van der Waals surface area (Å²) in [6, 6.07) is 5.43. The molecule has 2 aromatic rings. The quantitative estimate of drug-likeness (QED) is 0.682. The first-order valence-electron chi connectivity index (χ1n) is 9.88. The van der Waals surface area contributed by atoms with Crippen LogP contribution in [-0.2, 0) is 27.9 Å². The second-order valence-electron chi connectivity index (χ2n) is 7.71. The molecule has 1 amide bonds. The second kappa shape index (κ2) is 9.04. The van der Waals surface area contributed by atoms with Crippen molar-refractivity contribution < 1.29 is 13.2 Å². The summed E-state index contributed by atoms with van der Waals surface area (Å²) in [7, 11) is -3.42. The zero-order chi connectivity index (χ0) is 21.0. The van der Waals surface area contributed by atoms with Crippen LogP contribution in [0.5, 0.6) is 0 Å². The van der Waals surface area contributed by atoms with Crippen LogP contribution >= 0.6 is 0 Å². The third-order valence-corrected chi connectivity index (χ3v) is 6.56. The van der Waals surface area contributed by atoms with Crippen molar-refractivity contribution >= 4 is 15.9 Å². The van der Waals surface area contributed by atoms with Gasteiger partial charge in [0.25, 0.3) is 0 Å². The van der Waals surface area contributed by atoms with E-state index in [2.05, 4.69) is 10.1 Å². The molecule has 0 aliphatic carbocycles. The van der Waals surface area contributed by atoms with Crippen molar-refractivity contribution in [3.05, 3.63) is 47.5 Å². The van der Waals surface area contributed by atoms with Crippen LogP contribution in [0.1, 0.15) is 36.2 Å². The van der Waals surface area contributed by atoms with E-state index in [1.807, 2.05) is 30.7 Å². The van der Waals surface area contributed by atoms with Crippen LogP contribution in [0.4, 0.5) is 0 Å². The van der Waals surface area contributed by atoms with Gasteiger partial charge in [-0.15, -0.1) is 0 Å². The zero-order valence-electron chi connectivity index (χ0n) is 17.3. The van der Waals surface area contributed by atoms with Crippen molar-refractivity contribution in [2.45, 2.75) is 52.2 Å². The number of aromatic nitrogens is 3. The number of rotatable bonds is 7. The van der Waals surface area contributed by atoms with Gasteiger partial charge in [0, 0.05) is 56.7 Å². The smallest absolute Gasteiger partial charge is 0.224 e. The molecular formula is C20H29N5O3S. The number of carbonyl (C=O) groups is 1. The summed E-state index contributed by atoms with van der Waals surface area (Å²) in [6.45, 7) is 5.79. The third kappa shape index (κ3) is 5.63. The summed E-state index contributed by atoms with van der Waals surface area (Å²) in [6.07, 6.45) is 6.46. The van der Waals surface area contributed by atoms with Gasteiger partial charge in [-0.05, 0) is 44.4 Å². The van der Waals surface area contributed by atoms with E-state index >= 15 is 0 Å². The van der Waals surface area contributed by atoms with E-state index in [1.54, 1.807) is 23.4 Å². The van der Waals surface area contributed by atoms with E-state index in [0.29, 0.717) is 26.1 Å². The fourth-order valence-electron chi connectivity index (χ4n) is 3.87. The molecule has 0 N–H and O–H groups in total. The summed E-state index contributed by atoms with van der Waals surface area (Å²) in [5, 5.41) is 4.40. The summed E-state index contributed by atoms with van der Waals surface area (Å²) in [5.74, 6) is 0.0390. The van der Waals surface area contributed by atoms with Gasteiger partial charge in [0.05, 0.1) is 11.9 Å². The number of amides is 1. The molecule has 2 aromatic heterocycles. The normalized spacial score (nSPS) is 17.7. The Morgan fingerprint density at radius 1 is 1.34 bits per heavy atom. The Bertz CT molecular complexity index is 942. The van der Waals surface area contributed by atoms with Crippen LogP contribution in [0.2, 0.25) is 0 Å². The minimum atomic E-state index is -3.42. The lowest BCUT2D eigenvalue weighted by atomic mass is 10.0. The van der Waals surface area contributed by atoms with Gasteiger partial charge in [0.15, 0.2) is 0 Å². The van der Waals surface area contributed by atoms with Gasteiger partial charge >= 0.3 is 0 Å². The minimum Gasteiger partial charge on any atom is -0.341 e. The Labute approximate surface area is 172 Å². The molecule has 1 saturated heterocycles. The molecule has 1 fully saturated rings. The number of nitrogens with zero attached hydrogens (tertiary/aromatic N) is 5. The first-order chi connectivity index (χ1) is 13.7. The fourth-order valence-corrected chi connectivity index (χ4v) is 4.96. The maximum Gasteiger partial charge on any atom is 0.224 e. The molecule has 1 atom stereocenters. The summed E-state index contributed by atoms with van der Waals surface area (Å²) < 4.78 is 28.3. The van der Waals surface area contributed by atoms with Crippen LogP contribution < -0.4 is 0 Å². The fraction of sp³-hybridized carbons (Fsp3) is 0.550. The summed E-state index contributed by atoms with van der Waals surface area (Å²) in [4.78, 5) is 18.6. The van der Waals surface area contributed by atoms with Gasteiger partial charge in [-0.1, -0.05) is 6.07 Å². The Kier molecular flexibility index (Phi) is 6.69. The molecule has 29 heavy (non-hydrogen) atoms. The van der Waals surface area contributed by atoms with Crippen LogP contribution in [-0.4, -0.2) is 63.7 Å². The molecule has 0 spiro atoms. The lowest BCUT2D eigenvalue weighted by Crippen LogP contribution is -2.51. The summed E-state index contributed by atoms with van der Waals surface area (Å²) in [5.41, 5.74) is 2.81. The van der Waals surface area contributed by atoms with Gasteiger partial charge in [-0.25, -0.2) is 8.42 Å². The van der Waals surface area contributed by atoms with Crippen molar-refractivity contribution in [2.75, 3.05) is 19.3 Å². The van der Waals surface area contributed by atoms with Gasteiger partial charge in [0.1, 0.15) is 0 Å². The van der Waals surface area contributed by atoms with E-state index in [4.69, 9.17) is 0 Å². The Morgan fingerprint density at radius 2 is 2.14 bits per heavy atom. The molecule has 0 saturated carbocycles. The molecule has 0 bridgehead atoms. The number of hydrogen-bond acceptors (Lipinski definition) is 5. The highest BCUT2D eigenvalue weighted by Crippen LogP contribution is 2.21. The van der Waals surface area contributed by atoms with E-state index < -0.39 is 10.0 Å². The number of aryl methyl sites for hydroxylation is 3. The second-order valence-corrected chi connectivity index (χ2v) is 9.64. The zero-order valence-corrected chi connectivity index (χ0v) is 18.1. The predicted octanol–water partition coefficient (Wildman–Crippen LogP) is 1.74. The highest BCUT2D eigenvalue weighted by molar-refractivity contribution is 7.88. The van der Waals surface area contributed by atoms with Crippen molar-refractivity contribution in [1.29, 1.82) is 0 Å². The molecule has 0 radical (unpaired) electrons. The van der Waals surface area contributed by atoms with Crippen LogP contribution in [0.25, 0.3) is 0 Å². The maximum absolute atomic E-state index is 12.8. The van der Waals surface area contributed by atoms with Gasteiger partial charge in [0.2, 0.25) is 15.9 Å². The molecule has 9 heteroatoms. The Morgan fingerprint density at radius 3 is 2.76 bits per heavy atom. The number of likely N-dealkylation sites (tertiary alicyclic amines) is 1. The number of piperidine rings is 1. The SMILES string of the molecule is Cc1cc(C)n(CCC(=O)N2CCCC(N(Cc3cccnc3)S(C)(=O)=O)C2)n1. The molecule has 0 aromatic carbocycles. The highest BCUT2D eigenvalue weighted by atomic mass is 32.2. The first-order valence-corrected chi connectivity index (χ1v) is 11.7. The van der Waals surface area contributed by atoms with Crippen molar-refractivity contribution in [2.24, 2.45) is 0 Å². The van der Waals surface area contributed by atoms with Crippen LogP contribution in [0, 0.1) is 13.8 Å². The number of hydrogen-bond donors (Lipinski definition) is 0. The number of carbonyl (C=O) groups excluding carboxylic acids is 1. The average Bonchev–Trinajstić information content (AvgIpc) is 3.01. The molecule has 1 aliphatic rings. The largest absolute Gasteiger partial charge is 0.341 e. The first kappa shape index (κ1) is 21.4. The van der Waals surface area contributed by atoms with Crippen molar-refractivity contribution in [3.63, 3.8) is 0 Å². The molecule has 3 rings (SSSR count). The lowest BCUT2D eigenvalue weighted by molar-refractivity contribution is -0.133. The van der Waals surface area contributed by atoms with E-state index in [9.17, 15) is 13.2 Å². The predicted molar refractivity (Wildman–Crippen MR) is 111 cm³/mol. The molecule has 158 valence electrons. The maximum atomic E-state index is 12.8. The molecule has 1 aliphatic heterocycles. The highest BCUT2D eigenvalue weighted by Gasteiger charge is 2.32. The lowest BCUT2D eigenvalue weighted by Gasteiger charge is -2.38. The van der Waals surface area contributed by atoms with Crippen molar-refractivity contribution in [3.8, 4) is 0 Å². The van der Waals surface area contributed by atoms with Gasteiger partial charge in [-0.2, -0.15) is 9.40 Å². The summed E-state index contributed by atoms with van der Waals surface area (Å²) >= 11 is 0. The Balaban J connectivity index is 1.65. The van der Waals surface area contributed by atoms with E-state index in [-0.39, 0.29) is 18.5 Å².